The minimum atomic E-state index is -2.67. The Hall–Kier alpha value is -2.85. The number of carbonyl (C=O) groups is 3. The molecule has 1 aromatic carbocycles. The molecule has 3 aliphatic rings. The molecule has 1 unspecified atom stereocenters. The van der Waals surface area contributed by atoms with Crippen LogP contribution in [0.15, 0.2) is 36.4 Å². The molecule has 0 radical (unpaired) electrons. The standard InChI is InChI=1S/C27H33F2NO7/c1-15-4-3-5-17(12-15)8-11-22(31)36-16(2)37-25(34)27(30)21(13-20-23(27)26(20,29)24(32)33)35-14-18-6-9-19(28)10-7-18/h6-7,9-10,16-17,20-21,23H,1,3-5,8,11-14,30H2,2H3,(H,32,33)/t16-,17?,20+,21+,23-,26+,27-/m0/s1. The Balaban J connectivity index is 1.37. The summed E-state index contributed by atoms with van der Waals surface area (Å²) in [5.74, 6) is -5.81. The number of carbonyl (C=O) groups excluding carboxylic acids is 2. The fourth-order valence-electron chi connectivity index (χ4n) is 5.91. The highest BCUT2D eigenvalue weighted by Gasteiger charge is 2.85. The molecule has 0 saturated heterocycles. The Labute approximate surface area is 214 Å². The van der Waals surface area contributed by atoms with Crippen molar-refractivity contribution in [2.24, 2.45) is 23.5 Å². The monoisotopic (exact) mass is 521 g/mol. The number of carboxylic acid groups (broad SMARTS) is 1. The topological polar surface area (TPSA) is 125 Å². The first-order valence-corrected chi connectivity index (χ1v) is 12.6. The predicted octanol–water partition coefficient (Wildman–Crippen LogP) is 3.81. The Bertz CT molecular complexity index is 1060. The molecule has 1 aromatic rings. The summed E-state index contributed by atoms with van der Waals surface area (Å²) in [4.78, 5) is 37.1. The number of alkyl halides is 1. The van der Waals surface area contributed by atoms with Crippen LogP contribution >= 0.6 is 0 Å². The lowest BCUT2D eigenvalue weighted by Gasteiger charge is -2.34. The summed E-state index contributed by atoms with van der Waals surface area (Å²) in [6.07, 6.45) is 2.26. The van der Waals surface area contributed by atoms with Crippen LogP contribution in [0.3, 0.4) is 0 Å². The smallest absolute Gasteiger partial charge is 0.342 e. The second-order valence-electron chi connectivity index (χ2n) is 10.5. The number of carboxylic acids is 1. The molecule has 3 N–H and O–H groups in total. The van der Waals surface area contributed by atoms with Crippen LogP contribution in [0.4, 0.5) is 8.78 Å². The van der Waals surface area contributed by atoms with Crippen molar-refractivity contribution in [1.82, 2.24) is 0 Å². The van der Waals surface area contributed by atoms with Crippen LogP contribution in [0.5, 0.6) is 0 Å². The minimum absolute atomic E-state index is 0.0545. The second-order valence-corrected chi connectivity index (χ2v) is 10.5. The van der Waals surface area contributed by atoms with Crippen LogP contribution in [-0.2, 0) is 35.2 Å². The molecular weight excluding hydrogens is 488 g/mol. The Morgan fingerprint density at radius 1 is 1.24 bits per heavy atom. The van der Waals surface area contributed by atoms with Gasteiger partial charge in [0, 0.05) is 25.2 Å². The van der Waals surface area contributed by atoms with Crippen molar-refractivity contribution in [2.45, 2.75) is 82.1 Å². The Morgan fingerprint density at radius 2 is 1.95 bits per heavy atom. The summed E-state index contributed by atoms with van der Waals surface area (Å²) in [6, 6.07) is 5.46. The van der Waals surface area contributed by atoms with Crippen LogP contribution in [-0.4, -0.2) is 46.6 Å². The van der Waals surface area contributed by atoms with E-state index in [-0.39, 0.29) is 19.4 Å². The van der Waals surface area contributed by atoms with Gasteiger partial charge in [-0.2, -0.15) is 0 Å². The van der Waals surface area contributed by atoms with E-state index in [2.05, 4.69) is 6.58 Å². The quantitative estimate of drug-likeness (QED) is 0.271. The first kappa shape index (κ1) is 27.2. The van der Waals surface area contributed by atoms with Crippen molar-refractivity contribution in [3.8, 4) is 0 Å². The van der Waals surface area contributed by atoms with E-state index in [1.54, 1.807) is 0 Å². The van der Waals surface area contributed by atoms with E-state index < -0.39 is 59.2 Å². The summed E-state index contributed by atoms with van der Waals surface area (Å²) in [7, 11) is 0. The van der Waals surface area contributed by atoms with Crippen molar-refractivity contribution < 1.29 is 42.5 Å². The van der Waals surface area contributed by atoms with Gasteiger partial charge in [0.1, 0.15) is 11.4 Å². The number of ether oxygens (including phenoxy) is 3. The molecule has 10 heteroatoms. The molecule has 0 heterocycles. The molecule has 8 nitrogen and oxygen atoms in total. The zero-order valence-electron chi connectivity index (χ0n) is 20.8. The van der Waals surface area contributed by atoms with Gasteiger partial charge in [-0.25, -0.2) is 18.4 Å². The lowest BCUT2D eigenvalue weighted by atomic mass is 9.83. The molecule has 0 bridgehead atoms. The van der Waals surface area contributed by atoms with E-state index >= 15 is 4.39 Å². The fraction of sp³-hybridized carbons (Fsp3) is 0.593. The molecule has 0 amide bonds. The first-order valence-electron chi connectivity index (χ1n) is 12.6. The number of allylic oxidation sites excluding steroid dienone is 1. The van der Waals surface area contributed by atoms with Gasteiger partial charge in [0.05, 0.1) is 12.7 Å². The van der Waals surface area contributed by atoms with Gasteiger partial charge < -0.3 is 25.1 Å². The maximum absolute atomic E-state index is 15.1. The van der Waals surface area contributed by atoms with Gasteiger partial charge >= 0.3 is 17.9 Å². The molecule has 3 saturated carbocycles. The van der Waals surface area contributed by atoms with Crippen LogP contribution in [0.2, 0.25) is 0 Å². The number of aliphatic carboxylic acids is 1. The number of esters is 2. The molecule has 4 rings (SSSR count). The van der Waals surface area contributed by atoms with Gasteiger partial charge in [-0.1, -0.05) is 24.3 Å². The number of nitrogens with two attached hydrogens (primary N) is 1. The number of hydrogen-bond acceptors (Lipinski definition) is 7. The molecule has 202 valence electrons. The molecule has 3 fully saturated rings. The molecular formula is C27H33F2NO7. The van der Waals surface area contributed by atoms with E-state index in [0.717, 1.165) is 25.7 Å². The first-order chi connectivity index (χ1) is 17.5. The molecule has 0 spiro atoms. The van der Waals surface area contributed by atoms with Gasteiger partial charge in [-0.3, -0.25) is 4.79 Å². The van der Waals surface area contributed by atoms with Gasteiger partial charge in [0.15, 0.2) is 0 Å². The van der Waals surface area contributed by atoms with E-state index in [4.69, 9.17) is 19.9 Å². The highest BCUT2D eigenvalue weighted by atomic mass is 19.1. The third-order valence-corrected chi connectivity index (χ3v) is 7.89. The minimum Gasteiger partial charge on any atom is -0.479 e. The van der Waals surface area contributed by atoms with E-state index in [1.807, 2.05) is 0 Å². The highest BCUT2D eigenvalue weighted by molar-refractivity contribution is 5.91. The maximum atomic E-state index is 15.1. The van der Waals surface area contributed by atoms with Crippen LogP contribution in [0.25, 0.3) is 0 Å². The summed E-state index contributed by atoms with van der Waals surface area (Å²) in [5, 5.41) is 9.40. The van der Waals surface area contributed by atoms with E-state index in [1.165, 1.54) is 36.8 Å². The van der Waals surface area contributed by atoms with Crippen LogP contribution in [0, 0.1) is 23.6 Å². The van der Waals surface area contributed by atoms with E-state index in [9.17, 15) is 23.9 Å². The van der Waals surface area contributed by atoms with Gasteiger partial charge in [-0.15, -0.1) is 0 Å². The highest BCUT2D eigenvalue weighted by Crippen LogP contribution is 2.67. The number of hydrogen-bond donors (Lipinski definition) is 2. The number of rotatable bonds is 10. The van der Waals surface area contributed by atoms with Crippen molar-refractivity contribution in [3.05, 3.63) is 47.8 Å². The lowest BCUT2D eigenvalue weighted by Crippen LogP contribution is -2.61. The third-order valence-electron chi connectivity index (χ3n) is 7.89. The van der Waals surface area contributed by atoms with Crippen LogP contribution < -0.4 is 5.73 Å². The number of fused-ring (bicyclic) bond motifs is 1. The normalized spacial score (nSPS) is 33.4. The van der Waals surface area contributed by atoms with Crippen molar-refractivity contribution in [2.75, 3.05) is 0 Å². The maximum Gasteiger partial charge on any atom is 0.342 e. The zero-order valence-corrected chi connectivity index (χ0v) is 20.8. The summed E-state index contributed by atoms with van der Waals surface area (Å²) < 4.78 is 44.6. The zero-order chi connectivity index (χ0) is 27.0. The summed E-state index contributed by atoms with van der Waals surface area (Å²) >= 11 is 0. The van der Waals surface area contributed by atoms with Gasteiger partial charge in [-0.05, 0) is 62.1 Å². The molecule has 3 aliphatic carbocycles. The predicted molar refractivity (Wildman–Crippen MR) is 127 cm³/mol. The summed E-state index contributed by atoms with van der Waals surface area (Å²) in [6.45, 7) is 5.30. The number of halogens is 2. The van der Waals surface area contributed by atoms with Crippen LogP contribution in [0.1, 0.15) is 57.4 Å². The average molecular weight is 522 g/mol. The average Bonchev–Trinajstić information content (AvgIpc) is 3.32. The SMILES string of the molecule is C=C1CCCC(CCC(=O)O[C@H](C)OC(=O)[C@@]2(N)[C@H]3[C@@H](C[C@H]2OCc2ccc(F)cc2)[C@]3(F)C(=O)O)C1. The molecule has 7 atom stereocenters. The fourth-order valence-corrected chi connectivity index (χ4v) is 5.91. The van der Waals surface area contributed by atoms with E-state index in [0.29, 0.717) is 17.9 Å². The second kappa shape index (κ2) is 10.5. The summed E-state index contributed by atoms with van der Waals surface area (Å²) in [5.41, 5.74) is 3.35. The van der Waals surface area contributed by atoms with Crippen molar-refractivity contribution in [3.63, 3.8) is 0 Å². The van der Waals surface area contributed by atoms with Crippen molar-refractivity contribution in [1.29, 1.82) is 0 Å². The van der Waals surface area contributed by atoms with Crippen molar-refractivity contribution >= 4 is 17.9 Å². The molecule has 0 aromatic heterocycles. The Kier molecular flexibility index (Phi) is 7.71. The van der Waals surface area contributed by atoms with Gasteiger partial charge in [0.2, 0.25) is 12.0 Å². The number of benzene rings is 1. The molecule has 0 aliphatic heterocycles. The Morgan fingerprint density at radius 3 is 2.59 bits per heavy atom. The lowest BCUT2D eigenvalue weighted by molar-refractivity contribution is -0.193. The molecule has 37 heavy (non-hydrogen) atoms. The third kappa shape index (κ3) is 5.40. The van der Waals surface area contributed by atoms with Gasteiger partial charge in [0.25, 0.3) is 0 Å². The largest absolute Gasteiger partial charge is 0.479 e.